The Morgan fingerprint density at radius 1 is 1.17 bits per heavy atom. The molecule has 4 nitrogen and oxygen atoms in total. The molecule has 5 atom stereocenters. The molecular formula is C25H37NO3. The molecule has 3 fully saturated rings. The van der Waals surface area contributed by atoms with Crippen LogP contribution in [-0.2, 0) is 14.9 Å². The van der Waals surface area contributed by atoms with Crippen LogP contribution in [0, 0.1) is 18.8 Å². The average Bonchev–Trinajstić information content (AvgIpc) is 3.17. The fourth-order valence-electron chi connectivity index (χ4n) is 6.61. The Hall–Kier alpha value is -1.39. The van der Waals surface area contributed by atoms with Crippen molar-refractivity contribution in [3.05, 3.63) is 35.4 Å². The van der Waals surface area contributed by atoms with Crippen LogP contribution in [0.25, 0.3) is 0 Å². The summed E-state index contributed by atoms with van der Waals surface area (Å²) in [6.07, 6.45) is 6.13. The number of aliphatic hydroxyl groups excluding tert-OH is 1. The Labute approximate surface area is 175 Å². The van der Waals surface area contributed by atoms with Crippen LogP contribution >= 0.6 is 0 Å². The van der Waals surface area contributed by atoms with Crippen LogP contribution in [0.3, 0.4) is 0 Å². The summed E-state index contributed by atoms with van der Waals surface area (Å²) in [4.78, 5) is 15.6. The van der Waals surface area contributed by atoms with E-state index in [1.807, 2.05) is 11.9 Å². The molecule has 0 spiro atoms. The lowest BCUT2D eigenvalue weighted by Gasteiger charge is -2.46. The highest BCUT2D eigenvalue weighted by Crippen LogP contribution is 2.48. The zero-order valence-electron chi connectivity index (χ0n) is 18.5. The molecule has 1 amide bonds. The topological polar surface area (TPSA) is 49.8 Å². The summed E-state index contributed by atoms with van der Waals surface area (Å²) in [7, 11) is 2.00. The van der Waals surface area contributed by atoms with E-state index in [4.69, 9.17) is 4.74 Å². The van der Waals surface area contributed by atoms with Gasteiger partial charge in [0.05, 0.1) is 11.7 Å². The molecule has 2 aliphatic carbocycles. The highest BCUT2D eigenvalue weighted by molar-refractivity contribution is 5.78. The lowest BCUT2D eigenvalue weighted by atomic mass is 9.66. The third-order valence-electron chi connectivity index (χ3n) is 7.95. The van der Waals surface area contributed by atoms with Crippen LogP contribution in [-0.4, -0.2) is 47.3 Å². The zero-order chi connectivity index (χ0) is 20.8. The van der Waals surface area contributed by atoms with Gasteiger partial charge >= 0.3 is 0 Å². The number of carbonyl (C=O) groups is 1. The van der Waals surface area contributed by atoms with Crippen molar-refractivity contribution in [1.82, 2.24) is 4.90 Å². The van der Waals surface area contributed by atoms with E-state index in [-0.39, 0.29) is 23.0 Å². The van der Waals surface area contributed by atoms with Gasteiger partial charge in [0, 0.05) is 31.5 Å². The molecule has 3 aliphatic rings. The van der Waals surface area contributed by atoms with Crippen molar-refractivity contribution in [2.24, 2.45) is 11.8 Å². The van der Waals surface area contributed by atoms with Crippen LogP contribution in [0.1, 0.15) is 69.9 Å². The number of aryl methyl sites for hydroxylation is 1. The average molecular weight is 400 g/mol. The Balaban J connectivity index is 1.53. The second-order valence-electron chi connectivity index (χ2n) is 10.6. The number of fused-ring (bicyclic) bond motifs is 1. The smallest absolute Gasteiger partial charge is 0.223 e. The van der Waals surface area contributed by atoms with Gasteiger partial charge in [-0.05, 0) is 82.3 Å². The largest absolute Gasteiger partial charge is 0.393 e. The Kier molecular flexibility index (Phi) is 5.54. The standard InChI is InChI=1S/C25H37NO3/c1-17-7-5-6-8-22(17)25(9-10-29-24(2,3)16-25)15-23(28)26(4)20-11-18-13-21(27)14-19(18)12-20/h5-8,18-21,27H,9-16H2,1-4H3/t18-,19+,20?,21?,25?. The van der Waals surface area contributed by atoms with Gasteiger partial charge in [-0.15, -0.1) is 0 Å². The van der Waals surface area contributed by atoms with Gasteiger partial charge in [-0.25, -0.2) is 0 Å². The molecule has 4 heteroatoms. The van der Waals surface area contributed by atoms with Gasteiger partial charge in [0.1, 0.15) is 0 Å². The third-order valence-corrected chi connectivity index (χ3v) is 7.95. The van der Waals surface area contributed by atoms with Crippen molar-refractivity contribution in [2.45, 2.75) is 88.9 Å². The van der Waals surface area contributed by atoms with E-state index >= 15 is 0 Å². The lowest BCUT2D eigenvalue weighted by molar-refractivity contribution is -0.137. The predicted octanol–water partition coefficient (Wildman–Crippen LogP) is 4.22. The molecule has 3 unspecified atom stereocenters. The molecule has 1 aromatic rings. The first-order valence-electron chi connectivity index (χ1n) is 11.3. The number of rotatable bonds is 4. The van der Waals surface area contributed by atoms with E-state index in [9.17, 15) is 9.90 Å². The predicted molar refractivity (Wildman–Crippen MR) is 115 cm³/mol. The second kappa shape index (κ2) is 7.70. The maximum atomic E-state index is 13.5. The first kappa shape index (κ1) is 20.9. The minimum absolute atomic E-state index is 0.124. The van der Waals surface area contributed by atoms with E-state index in [0.29, 0.717) is 30.9 Å². The van der Waals surface area contributed by atoms with Gasteiger partial charge < -0.3 is 14.7 Å². The first-order chi connectivity index (χ1) is 13.7. The molecule has 0 aromatic heterocycles. The Morgan fingerprint density at radius 3 is 2.45 bits per heavy atom. The van der Waals surface area contributed by atoms with Gasteiger partial charge in [-0.3, -0.25) is 4.79 Å². The van der Waals surface area contributed by atoms with Crippen LogP contribution in [0.5, 0.6) is 0 Å². The van der Waals surface area contributed by atoms with Gasteiger partial charge in [0.2, 0.25) is 5.91 Å². The molecule has 0 bridgehead atoms. The number of ether oxygens (including phenoxy) is 1. The fourth-order valence-corrected chi connectivity index (χ4v) is 6.61. The van der Waals surface area contributed by atoms with E-state index in [1.54, 1.807) is 0 Å². The number of benzene rings is 1. The zero-order valence-corrected chi connectivity index (χ0v) is 18.5. The highest BCUT2D eigenvalue weighted by atomic mass is 16.5. The maximum Gasteiger partial charge on any atom is 0.223 e. The summed E-state index contributed by atoms with van der Waals surface area (Å²) in [6, 6.07) is 8.88. The fraction of sp³-hybridized carbons (Fsp3) is 0.720. The van der Waals surface area contributed by atoms with Gasteiger partial charge in [-0.1, -0.05) is 24.3 Å². The molecule has 1 N–H and O–H groups in total. The molecular weight excluding hydrogens is 362 g/mol. The molecule has 2 saturated carbocycles. The highest BCUT2D eigenvalue weighted by Gasteiger charge is 2.47. The molecule has 0 radical (unpaired) electrons. The van der Waals surface area contributed by atoms with E-state index in [2.05, 4.69) is 45.0 Å². The van der Waals surface area contributed by atoms with E-state index in [1.165, 1.54) is 11.1 Å². The van der Waals surface area contributed by atoms with Crippen molar-refractivity contribution >= 4 is 5.91 Å². The van der Waals surface area contributed by atoms with Crippen LogP contribution in [0.15, 0.2) is 24.3 Å². The number of hydrogen-bond donors (Lipinski definition) is 1. The minimum atomic E-state index is -0.222. The number of nitrogens with zero attached hydrogens (tertiary/aromatic N) is 1. The van der Waals surface area contributed by atoms with Crippen molar-refractivity contribution in [1.29, 1.82) is 0 Å². The third kappa shape index (κ3) is 4.11. The molecule has 1 saturated heterocycles. The molecule has 29 heavy (non-hydrogen) atoms. The molecule has 160 valence electrons. The summed E-state index contributed by atoms with van der Waals surface area (Å²) < 4.78 is 6.04. The first-order valence-corrected chi connectivity index (χ1v) is 11.3. The molecule has 1 heterocycles. The van der Waals surface area contributed by atoms with Crippen LogP contribution in [0.2, 0.25) is 0 Å². The van der Waals surface area contributed by atoms with Crippen molar-refractivity contribution in [2.75, 3.05) is 13.7 Å². The van der Waals surface area contributed by atoms with Crippen molar-refractivity contribution in [3.63, 3.8) is 0 Å². The summed E-state index contributed by atoms with van der Waals surface area (Å²) in [5, 5.41) is 9.93. The van der Waals surface area contributed by atoms with Gasteiger partial charge in [0.15, 0.2) is 0 Å². The number of carbonyl (C=O) groups excluding carboxylic acids is 1. The van der Waals surface area contributed by atoms with Gasteiger partial charge in [0.25, 0.3) is 0 Å². The SMILES string of the molecule is Cc1ccccc1C1(CC(=O)N(C)C2C[C@H]3CC(O)C[C@H]3C2)CCOC(C)(C)C1. The van der Waals surface area contributed by atoms with Crippen molar-refractivity contribution < 1.29 is 14.6 Å². The number of hydrogen-bond acceptors (Lipinski definition) is 3. The van der Waals surface area contributed by atoms with Gasteiger partial charge in [-0.2, -0.15) is 0 Å². The second-order valence-corrected chi connectivity index (χ2v) is 10.6. The van der Waals surface area contributed by atoms with Crippen LogP contribution < -0.4 is 0 Å². The molecule has 4 rings (SSSR count). The quantitative estimate of drug-likeness (QED) is 0.825. The monoisotopic (exact) mass is 399 g/mol. The van der Waals surface area contributed by atoms with Crippen molar-refractivity contribution in [3.8, 4) is 0 Å². The number of aliphatic hydroxyl groups is 1. The summed E-state index contributed by atoms with van der Waals surface area (Å²) in [5.74, 6) is 1.45. The summed E-state index contributed by atoms with van der Waals surface area (Å²) in [5.41, 5.74) is 2.19. The van der Waals surface area contributed by atoms with Crippen LogP contribution in [0.4, 0.5) is 0 Å². The summed E-state index contributed by atoms with van der Waals surface area (Å²) in [6.45, 7) is 7.16. The van der Waals surface area contributed by atoms with E-state index < -0.39 is 0 Å². The Bertz CT molecular complexity index is 746. The summed E-state index contributed by atoms with van der Waals surface area (Å²) >= 11 is 0. The number of amides is 1. The minimum Gasteiger partial charge on any atom is -0.393 e. The molecule has 1 aromatic carbocycles. The maximum absolute atomic E-state index is 13.5. The Morgan fingerprint density at radius 2 is 1.83 bits per heavy atom. The molecule has 1 aliphatic heterocycles. The van der Waals surface area contributed by atoms with E-state index in [0.717, 1.165) is 38.5 Å². The lowest BCUT2D eigenvalue weighted by Crippen LogP contribution is -2.48. The normalized spacial score (nSPS) is 36.0.